The van der Waals surface area contributed by atoms with Crippen molar-refractivity contribution in [2.75, 3.05) is 21.7 Å². The molecule has 0 amide bonds. The van der Waals surface area contributed by atoms with Crippen molar-refractivity contribution < 1.29 is 18.6 Å². The van der Waals surface area contributed by atoms with E-state index in [9.17, 15) is 13.9 Å². The summed E-state index contributed by atoms with van der Waals surface area (Å²) >= 11 is 0. The summed E-state index contributed by atoms with van der Waals surface area (Å²) in [6, 6.07) is 15.8. The van der Waals surface area contributed by atoms with Gasteiger partial charge in [0.1, 0.15) is 17.4 Å². The number of alkyl halides is 2. The van der Waals surface area contributed by atoms with E-state index in [1.165, 1.54) is 12.1 Å². The van der Waals surface area contributed by atoms with Gasteiger partial charge in [-0.05, 0) is 61.5 Å². The first kappa shape index (κ1) is 21.9. The highest BCUT2D eigenvalue weighted by atomic mass is 19.3. The summed E-state index contributed by atoms with van der Waals surface area (Å²) in [6.07, 6.45) is 0.834. The molecule has 1 aliphatic heterocycles. The minimum Gasteiger partial charge on any atom is -0.435 e. The lowest BCUT2D eigenvalue weighted by Gasteiger charge is -2.43. The van der Waals surface area contributed by atoms with Crippen LogP contribution < -0.4 is 19.9 Å². The van der Waals surface area contributed by atoms with E-state index < -0.39 is 13.0 Å². The van der Waals surface area contributed by atoms with Gasteiger partial charge in [0.15, 0.2) is 0 Å². The van der Waals surface area contributed by atoms with Gasteiger partial charge in [-0.25, -0.2) is 4.98 Å². The van der Waals surface area contributed by atoms with Crippen molar-refractivity contribution in [2.45, 2.75) is 26.4 Å². The Kier molecular flexibility index (Phi) is 5.66. The van der Waals surface area contributed by atoms with Gasteiger partial charge in [-0.2, -0.15) is 13.9 Å². The number of aryl methyl sites for hydroxylation is 1. The molecule has 1 unspecified atom stereocenters. The molecule has 0 radical (unpaired) electrons. The van der Waals surface area contributed by atoms with E-state index in [4.69, 9.17) is 4.98 Å². The molecule has 5 rings (SSSR count). The Morgan fingerprint density at radius 3 is 2.62 bits per heavy atom. The fraction of sp³-hybridized carbons (Fsp3) is 0.250. The molecular formula is C24H24F2N6O2. The van der Waals surface area contributed by atoms with Crippen molar-refractivity contribution >= 4 is 33.9 Å². The molecule has 3 heterocycles. The van der Waals surface area contributed by atoms with Crippen molar-refractivity contribution in [2.24, 2.45) is 7.05 Å². The zero-order valence-electron chi connectivity index (χ0n) is 18.7. The molecular weight excluding hydrogens is 442 g/mol. The highest BCUT2D eigenvalue weighted by Crippen LogP contribution is 2.39. The number of hydrogen-bond donors (Lipinski definition) is 2. The molecule has 0 saturated carbocycles. The van der Waals surface area contributed by atoms with Crippen LogP contribution in [-0.4, -0.2) is 39.4 Å². The summed E-state index contributed by atoms with van der Waals surface area (Å²) in [5.74, 6) is 1.31. The molecule has 34 heavy (non-hydrogen) atoms. The second kappa shape index (κ2) is 8.79. The third-order valence-electron chi connectivity index (χ3n) is 5.67. The van der Waals surface area contributed by atoms with E-state index >= 15 is 0 Å². The Balaban J connectivity index is 1.57. The second-order valence-corrected chi connectivity index (χ2v) is 7.97. The number of fused-ring (bicyclic) bond motifs is 2. The standard InChI is InChI=1S/C24H24F2N6O2/c1-3-27-21-11-4-15-14-31(18-7-10-20-16(12-18)13-30(2)29-20)24(33)32(22(15)28-21)17-5-8-19(9-6-17)34-23(25)26/h4-13,23-24,33H,3,14H2,1-2H3,(H,27,28). The zero-order valence-corrected chi connectivity index (χ0v) is 18.7. The summed E-state index contributed by atoms with van der Waals surface area (Å²) in [4.78, 5) is 8.26. The normalized spacial score (nSPS) is 15.6. The first-order valence-corrected chi connectivity index (χ1v) is 10.9. The highest BCUT2D eigenvalue weighted by Gasteiger charge is 2.34. The SMILES string of the molecule is CCNc1ccc2c(n1)N(c1ccc(OC(F)F)cc1)C(O)N(c1ccc3nn(C)cc3c1)C2. The molecule has 0 fully saturated rings. The maximum atomic E-state index is 12.6. The Labute approximate surface area is 195 Å². The Morgan fingerprint density at radius 1 is 1.12 bits per heavy atom. The van der Waals surface area contributed by atoms with Crippen LogP contribution in [0.2, 0.25) is 0 Å². The Hall–Kier alpha value is -3.92. The number of ether oxygens (including phenoxy) is 1. The summed E-state index contributed by atoms with van der Waals surface area (Å²) < 4.78 is 31.4. The molecule has 1 aliphatic rings. The topological polar surface area (TPSA) is 78.7 Å². The number of hydrogen-bond acceptors (Lipinski definition) is 7. The van der Waals surface area contributed by atoms with Crippen LogP contribution in [0.5, 0.6) is 5.75 Å². The van der Waals surface area contributed by atoms with Crippen LogP contribution in [0.25, 0.3) is 10.9 Å². The van der Waals surface area contributed by atoms with Gasteiger partial charge in [-0.15, -0.1) is 0 Å². The molecule has 4 aromatic rings. The smallest absolute Gasteiger partial charge is 0.387 e. The van der Waals surface area contributed by atoms with E-state index in [2.05, 4.69) is 15.2 Å². The lowest BCUT2D eigenvalue weighted by molar-refractivity contribution is -0.0498. The third-order valence-corrected chi connectivity index (χ3v) is 5.67. The molecule has 10 heteroatoms. The van der Waals surface area contributed by atoms with Crippen LogP contribution in [-0.2, 0) is 13.6 Å². The predicted molar refractivity (Wildman–Crippen MR) is 127 cm³/mol. The Bertz CT molecular complexity index is 1310. The average molecular weight is 466 g/mol. The summed E-state index contributed by atoms with van der Waals surface area (Å²) in [7, 11) is 1.86. The van der Waals surface area contributed by atoms with Gasteiger partial charge < -0.3 is 20.1 Å². The van der Waals surface area contributed by atoms with Crippen molar-refractivity contribution in [1.29, 1.82) is 0 Å². The molecule has 0 saturated heterocycles. The zero-order chi connectivity index (χ0) is 23.8. The molecule has 2 aromatic heterocycles. The predicted octanol–water partition coefficient (Wildman–Crippen LogP) is 4.44. The number of aliphatic hydroxyl groups is 1. The third kappa shape index (κ3) is 4.08. The minimum absolute atomic E-state index is 0.0405. The van der Waals surface area contributed by atoms with Crippen molar-refractivity contribution in [3.63, 3.8) is 0 Å². The Morgan fingerprint density at radius 2 is 1.88 bits per heavy atom. The number of pyridine rings is 1. The van der Waals surface area contributed by atoms with Gasteiger partial charge in [0.25, 0.3) is 0 Å². The molecule has 2 aromatic carbocycles. The maximum absolute atomic E-state index is 12.6. The molecule has 0 bridgehead atoms. The average Bonchev–Trinajstić information content (AvgIpc) is 3.18. The quantitative estimate of drug-likeness (QED) is 0.435. The number of nitrogens with zero attached hydrogens (tertiary/aromatic N) is 5. The van der Waals surface area contributed by atoms with Crippen LogP contribution in [0.3, 0.4) is 0 Å². The van der Waals surface area contributed by atoms with Gasteiger partial charge in [-0.3, -0.25) is 9.58 Å². The lowest BCUT2D eigenvalue weighted by atomic mass is 10.1. The molecule has 2 N–H and O–H groups in total. The summed E-state index contributed by atoms with van der Waals surface area (Å²) in [5, 5.41) is 20.1. The van der Waals surface area contributed by atoms with Gasteiger partial charge in [0.05, 0.1) is 12.1 Å². The minimum atomic E-state index is -2.91. The fourth-order valence-corrected chi connectivity index (χ4v) is 4.19. The molecule has 176 valence electrons. The second-order valence-electron chi connectivity index (χ2n) is 7.97. The first-order chi connectivity index (χ1) is 16.4. The van der Waals surface area contributed by atoms with Crippen molar-refractivity contribution in [3.8, 4) is 5.75 Å². The number of benzene rings is 2. The van der Waals surface area contributed by atoms with Gasteiger partial charge in [0, 0.05) is 42.1 Å². The number of nitrogens with one attached hydrogen (secondary N) is 1. The molecule has 1 atom stereocenters. The van der Waals surface area contributed by atoms with Gasteiger partial charge in [-0.1, -0.05) is 0 Å². The van der Waals surface area contributed by atoms with E-state index in [-0.39, 0.29) is 5.75 Å². The van der Waals surface area contributed by atoms with Crippen molar-refractivity contribution in [3.05, 3.63) is 66.4 Å². The van der Waals surface area contributed by atoms with E-state index in [0.717, 1.165) is 22.2 Å². The van der Waals surface area contributed by atoms with Crippen molar-refractivity contribution in [1.82, 2.24) is 14.8 Å². The molecule has 0 aliphatic carbocycles. The van der Waals surface area contributed by atoms with E-state index in [1.54, 1.807) is 21.7 Å². The largest absolute Gasteiger partial charge is 0.435 e. The van der Waals surface area contributed by atoms with Gasteiger partial charge >= 0.3 is 6.61 Å². The molecule has 8 nitrogen and oxygen atoms in total. The fourth-order valence-electron chi connectivity index (χ4n) is 4.19. The van der Waals surface area contributed by atoms with E-state index in [0.29, 0.717) is 30.4 Å². The van der Waals surface area contributed by atoms with Crippen LogP contribution >= 0.6 is 0 Å². The highest BCUT2D eigenvalue weighted by molar-refractivity contribution is 5.83. The van der Waals surface area contributed by atoms with Crippen LogP contribution in [0.15, 0.2) is 60.8 Å². The number of rotatable bonds is 6. The number of aromatic nitrogens is 3. The van der Waals surface area contributed by atoms with Gasteiger partial charge in [0.2, 0.25) is 6.35 Å². The van der Waals surface area contributed by atoms with Crippen LogP contribution in [0.4, 0.5) is 31.8 Å². The van der Waals surface area contributed by atoms with Crippen LogP contribution in [0.1, 0.15) is 12.5 Å². The summed E-state index contributed by atoms with van der Waals surface area (Å²) in [6.45, 7) is 0.205. The van der Waals surface area contributed by atoms with Crippen LogP contribution in [0, 0.1) is 0 Å². The maximum Gasteiger partial charge on any atom is 0.387 e. The first-order valence-electron chi connectivity index (χ1n) is 10.9. The number of anilines is 4. The number of aliphatic hydroxyl groups excluding tert-OH is 1. The van der Waals surface area contributed by atoms with E-state index in [1.807, 2.05) is 55.4 Å². The monoisotopic (exact) mass is 466 g/mol. The molecule has 0 spiro atoms. The lowest BCUT2D eigenvalue weighted by Crippen LogP contribution is -2.50. The number of halogens is 2. The summed E-state index contributed by atoms with van der Waals surface area (Å²) in [5.41, 5.74) is 3.17.